The summed E-state index contributed by atoms with van der Waals surface area (Å²) in [5.41, 5.74) is 2.18. The van der Waals surface area contributed by atoms with Gasteiger partial charge in [-0.2, -0.15) is 0 Å². The lowest BCUT2D eigenvalue weighted by atomic mass is 9.81. The number of nitrogens with one attached hydrogen (secondary N) is 1. The number of imide groups is 1. The molecule has 0 bridgehead atoms. The van der Waals surface area contributed by atoms with Crippen LogP contribution < -0.4 is 5.32 Å². The van der Waals surface area contributed by atoms with Crippen LogP contribution in [0.1, 0.15) is 49.3 Å². The van der Waals surface area contributed by atoms with Crippen LogP contribution in [-0.4, -0.2) is 29.2 Å². The Kier molecular flexibility index (Phi) is 6.26. The van der Waals surface area contributed by atoms with E-state index in [1.165, 1.54) is 4.90 Å². The third kappa shape index (κ3) is 4.45. The van der Waals surface area contributed by atoms with E-state index in [1.807, 2.05) is 60.7 Å². The van der Waals surface area contributed by atoms with Gasteiger partial charge in [-0.3, -0.25) is 19.3 Å². The van der Waals surface area contributed by atoms with Crippen LogP contribution in [0.3, 0.4) is 0 Å². The fourth-order valence-electron chi connectivity index (χ4n) is 4.72. The molecule has 0 unspecified atom stereocenters. The molecule has 3 amide bonds. The summed E-state index contributed by atoms with van der Waals surface area (Å²) in [5, 5.41) is 3.11. The van der Waals surface area contributed by atoms with Gasteiger partial charge in [-0.05, 0) is 30.4 Å². The van der Waals surface area contributed by atoms with Crippen molar-refractivity contribution in [2.24, 2.45) is 11.8 Å². The standard InChI is InChI=1S/C25H28N2O3/c28-23(15-16-27-24(29)20-13-7-8-14-21(20)25(27)30)26-22(19-11-5-2-6-12-19)17-18-9-3-1-4-10-18/h1-6,9-12,20-22H,7-8,13-17H2,(H,26,28)/t20-,21-,22-/m0/s1. The van der Waals surface area contributed by atoms with Crippen LogP contribution in [-0.2, 0) is 20.8 Å². The Balaban J connectivity index is 1.39. The highest BCUT2D eigenvalue weighted by atomic mass is 16.2. The molecule has 3 atom stereocenters. The second-order valence-corrected chi connectivity index (χ2v) is 8.30. The molecule has 1 N–H and O–H groups in total. The fourth-order valence-corrected chi connectivity index (χ4v) is 4.72. The van der Waals surface area contributed by atoms with E-state index in [-0.39, 0.29) is 48.6 Å². The van der Waals surface area contributed by atoms with Gasteiger partial charge in [0.1, 0.15) is 0 Å². The number of hydrogen-bond acceptors (Lipinski definition) is 3. The van der Waals surface area contributed by atoms with Crippen molar-refractivity contribution in [3.63, 3.8) is 0 Å². The smallest absolute Gasteiger partial charge is 0.233 e. The number of carbonyl (C=O) groups is 3. The number of amides is 3. The Morgan fingerprint density at radius 3 is 2.07 bits per heavy atom. The average molecular weight is 405 g/mol. The molecule has 0 radical (unpaired) electrons. The SMILES string of the molecule is O=C(CCN1C(=O)[C@H]2CCCC[C@@H]2C1=O)N[C@@H](Cc1ccccc1)c1ccccc1. The lowest BCUT2D eigenvalue weighted by molar-refractivity contribution is -0.140. The number of likely N-dealkylation sites (tertiary alicyclic amines) is 1. The lowest BCUT2D eigenvalue weighted by Gasteiger charge is -2.21. The molecule has 5 heteroatoms. The molecule has 0 aromatic heterocycles. The molecule has 4 rings (SSSR count). The van der Waals surface area contributed by atoms with Gasteiger partial charge in [0.05, 0.1) is 17.9 Å². The minimum atomic E-state index is -0.163. The van der Waals surface area contributed by atoms with Gasteiger partial charge in [-0.15, -0.1) is 0 Å². The molecule has 0 spiro atoms. The van der Waals surface area contributed by atoms with E-state index in [9.17, 15) is 14.4 Å². The normalized spacial score (nSPS) is 21.9. The van der Waals surface area contributed by atoms with Gasteiger partial charge < -0.3 is 5.32 Å². The summed E-state index contributed by atoms with van der Waals surface area (Å²) in [4.78, 5) is 39.3. The molecule has 1 heterocycles. The van der Waals surface area contributed by atoms with Crippen molar-refractivity contribution in [1.29, 1.82) is 0 Å². The molecule has 1 saturated carbocycles. The first kappa shape index (κ1) is 20.3. The van der Waals surface area contributed by atoms with Gasteiger partial charge in [0, 0.05) is 13.0 Å². The summed E-state index contributed by atoms with van der Waals surface area (Å²) in [6.45, 7) is 0.170. The van der Waals surface area contributed by atoms with E-state index < -0.39 is 0 Å². The first-order valence-corrected chi connectivity index (χ1v) is 10.9. The third-order valence-electron chi connectivity index (χ3n) is 6.31. The van der Waals surface area contributed by atoms with Gasteiger partial charge in [-0.25, -0.2) is 0 Å². The Morgan fingerprint density at radius 1 is 0.900 bits per heavy atom. The monoisotopic (exact) mass is 404 g/mol. The molecule has 1 aliphatic heterocycles. The Bertz CT molecular complexity index is 873. The summed E-state index contributed by atoms with van der Waals surface area (Å²) in [6.07, 6.45) is 4.42. The molecule has 5 nitrogen and oxygen atoms in total. The summed E-state index contributed by atoms with van der Waals surface area (Å²) < 4.78 is 0. The minimum absolute atomic E-state index is 0.0820. The van der Waals surface area contributed by atoms with Crippen molar-refractivity contribution in [3.05, 3.63) is 71.8 Å². The van der Waals surface area contributed by atoms with E-state index in [0.29, 0.717) is 6.42 Å². The van der Waals surface area contributed by atoms with Crippen LogP contribution in [0.5, 0.6) is 0 Å². The zero-order valence-electron chi connectivity index (χ0n) is 17.1. The predicted molar refractivity (Wildman–Crippen MR) is 114 cm³/mol. The second-order valence-electron chi connectivity index (χ2n) is 8.30. The van der Waals surface area contributed by atoms with Crippen LogP contribution >= 0.6 is 0 Å². The van der Waals surface area contributed by atoms with E-state index in [2.05, 4.69) is 5.32 Å². The van der Waals surface area contributed by atoms with Crippen LogP contribution in [0.25, 0.3) is 0 Å². The average Bonchev–Trinajstić information content (AvgIpc) is 3.03. The summed E-state index contributed by atoms with van der Waals surface area (Å²) >= 11 is 0. The van der Waals surface area contributed by atoms with Crippen molar-refractivity contribution in [1.82, 2.24) is 10.2 Å². The number of carbonyl (C=O) groups excluding carboxylic acids is 3. The highest BCUT2D eigenvalue weighted by Gasteiger charge is 2.47. The van der Waals surface area contributed by atoms with Crippen LogP contribution in [0.15, 0.2) is 60.7 Å². The minimum Gasteiger partial charge on any atom is -0.349 e. The molecule has 2 fully saturated rings. The molecule has 1 saturated heterocycles. The first-order valence-electron chi connectivity index (χ1n) is 10.9. The molecular weight excluding hydrogens is 376 g/mol. The molecule has 2 aromatic carbocycles. The van der Waals surface area contributed by atoms with Crippen molar-refractivity contribution in [2.45, 2.75) is 44.6 Å². The first-order chi connectivity index (χ1) is 14.6. The lowest BCUT2D eigenvalue weighted by Crippen LogP contribution is -2.36. The molecule has 156 valence electrons. The number of hydrogen-bond donors (Lipinski definition) is 1. The largest absolute Gasteiger partial charge is 0.349 e. The van der Waals surface area contributed by atoms with E-state index >= 15 is 0 Å². The second kappa shape index (κ2) is 9.24. The topological polar surface area (TPSA) is 66.5 Å². The molecular formula is C25H28N2O3. The van der Waals surface area contributed by atoms with E-state index in [1.54, 1.807) is 0 Å². The van der Waals surface area contributed by atoms with Crippen LogP contribution in [0.4, 0.5) is 0 Å². The van der Waals surface area contributed by atoms with Crippen LogP contribution in [0.2, 0.25) is 0 Å². The van der Waals surface area contributed by atoms with Gasteiger partial charge in [0.25, 0.3) is 0 Å². The number of nitrogens with zero attached hydrogens (tertiary/aromatic N) is 1. The predicted octanol–water partition coefficient (Wildman–Crippen LogP) is 3.65. The zero-order valence-corrected chi connectivity index (χ0v) is 17.1. The summed E-state index contributed by atoms with van der Waals surface area (Å²) in [5.74, 6) is -0.632. The third-order valence-corrected chi connectivity index (χ3v) is 6.31. The highest BCUT2D eigenvalue weighted by Crippen LogP contribution is 2.38. The molecule has 30 heavy (non-hydrogen) atoms. The van der Waals surface area contributed by atoms with Crippen molar-refractivity contribution >= 4 is 17.7 Å². The maximum absolute atomic E-state index is 12.7. The molecule has 2 aromatic rings. The maximum Gasteiger partial charge on any atom is 0.233 e. The number of rotatable bonds is 7. The van der Waals surface area contributed by atoms with E-state index in [0.717, 1.165) is 36.8 Å². The highest BCUT2D eigenvalue weighted by molar-refractivity contribution is 6.05. The van der Waals surface area contributed by atoms with Crippen LogP contribution in [0, 0.1) is 11.8 Å². The van der Waals surface area contributed by atoms with Gasteiger partial charge in [0.2, 0.25) is 17.7 Å². The zero-order chi connectivity index (χ0) is 20.9. The Labute approximate surface area is 177 Å². The van der Waals surface area contributed by atoms with Crippen molar-refractivity contribution in [2.75, 3.05) is 6.54 Å². The Morgan fingerprint density at radius 2 is 1.47 bits per heavy atom. The fraction of sp³-hybridized carbons (Fsp3) is 0.400. The quantitative estimate of drug-likeness (QED) is 0.717. The summed E-state index contributed by atoms with van der Waals surface area (Å²) in [7, 11) is 0. The van der Waals surface area contributed by atoms with Gasteiger partial charge in [-0.1, -0.05) is 73.5 Å². The number of benzene rings is 2. The van der Waals surface area contributed by atoms with E-state index in [4.69, 9.17) is 0 Å². The molecule has 1 aliphatic carbocycles. The van der Waals surface area contributed by atoms with Gasteiger partial charge in [0.15, 0.2) is 0 Å². The van der Waals surface area contributed by atoms with Gasteiger partial charge >= 0.3 is 0 Å². The maximum atomic E-state index is 12.7. The van der Waals surface area contributed by atoms with Crippen molar-refractivity contribution in [3.8, 4) is 0 Å². The summed E-state index contributed by atoms with van der Waals surface area (Å²) in [6, 6.07) is 19.8. The van der Waals surface area contributed by atoms with Crippen molar-refractivity contribution < 1.29 is 14.4 Å². The Hall–Kier alpha value is -2.95. The molecule has 2 aliphatic rings. The number of fused-ring (bicyclic) bond motifs is 1.